The highest BCUT2D eigenvalue weighted by Crippen LogP contribution is 2.18. The Morgan fingerprint density at radius 3 is 2.70 bits per heavy atom. The van der Waals surface area contributed by atoms with Crippen molar-refractivity contribution in [2.75, 3.05) is 25.5 Å². The van der Waals surface area contributed by atoms with Crippen LogP contribution in [0.15, 0.2) is 36.4 Å². The van der Waals surface area contributed by atoms with Crippen molar-refractivity contribution < 1.29 is 9.90 Å². The molecule has 0 bridgehead atoms. The highest BCUT2D eigenvalue weighted by atomic mass is 35.5. The van der Waals surface area contributed by atoms with Gasteiger partial charge in [-0.1, -0.05) is 35.9 Å². The molecule has 0 saturated carbocycles. The molecule has 0 spiro atoms. The molecule has 23 heavy (non-hydrogen) atoms. The maximum absolute atomic E-state index is 12.3. The van der Waals surface area contributed by atoms with Crippen LogP contribution in [0.25, 0.3) is 0 Å². The average molecular weight is 334 g/mol. The fourth-order valence-electron chi connectivity index (χ4n) is 2.21. The summed E-state index contributed by atoms with van der Waals surface area (Å²) in [6.45, 7) is 2.05. The lowest BCUT2D eigenvalue weighted by molar-refractivity contribution is 0.0916. The number of amides is 1. The van der Waals surface area contributed by atoms with Gasteiger partial charge in [-0.15, -0.1) is 0 Å². The Hall–Kier alpha value is -2.11. The third-order valence-corrected chi connectivity index (χ3v) is 3.70. The number of nitrogens with zero attached hydrogens (tertiary/aromatic N) is 2. The van der Waals surface area contributed by atoms with Crippen molar-refractivity contribution in [2.24, 2.45) is 0 Å². The number of rotatable bonds is 5. The number of pyridine rings is 1. The molecule has 0 fully saturated rings. The van der Waals surface area contributed by atoms with Gasteiger partial charge in [0.1, 0.15) is 11.0 Å². The van der Waals surface area contributed by atoms with E-state index in [1.165, 1.54) is 6.07 Å². The predicted octanol–water partition coefficient (Wildman–Crippen LogP) is 2.57. The zero-order valence-corrected chi connectivity index (χ0v) is 14.1. The SMILES string of the molecule is Cc1ccccc1C(O)CNC(=O)c1cc(Cl)nc(N(C)C)c1. The minimum Gasteiger partial charge on any atom is -0.387 e. The molecular formula is C17H20ClN3O2. The van der Waals surface area contributed by atoms with Crippen molar-refractivity contribution in [3.8, 4) is 0 Å². The maximum Gasteiger partial charge on any atom is 0.251 e. The number of benzene rings is 1. The first-order valence-electron chi connectivity index (χ1n) is 7.25. The van der Waals surface area contributed by atoms with Gasteiger partial charge in [0.05, 0.1) is 6.10 Å². The molecule has 6 heteroatoms. The van der Waals surface area contributed by atoms with Crippen molar-refractivity contribution in [3.05, 3.63) is 58.2 Å². The van der Waals surface area contributed by atoms with Gasteiger partial charge in [0.25, 0.3) is 5.91 Å². The van der Waals surface area contributed by atoms with Crippen LogP contribution in [0.3, 0.4) is 0 Å². The number of hydrogen-bond donors (Lipinski definition) is 2. The third kappa shape index (κ3) is 4.43. The van der Waals surface area contributed by atoms with Crippen LogP contribution in [0.1, 0.15) is 27.6 Å². The number of halogens is 1. The van der Waals surface area contributed by atoms with Crippen molar-refractivity contribution in [1.82, 2.24) is 10.3 Å². The van der Waals surface area contributed by atoms with E-state index in [2.05, 4.69) is 10.3 Å². The third-order valence-electron chi connectivity index (χ3n) is 3.50. The summed E-state index contributed by atoms with van der Waals surface area (Å²) in [6, 6.07) is 10.7. The summed E-state index contributed by atoms with van der Waals surface area (Å²) < 4.78 is 0. The minimum absolute atomic E-state index is 0.126. The van der Waals surface area contributed by atoms with E-state index < -0.39 is 6.10 Å². The van der Waals surface area contributed by atoms with Gasteiger partial charge in [-0.3, -0.25) is 4.79 Å². The number of carbonyl (C=O) groups is 1. The van der Waals surface area contributed by atoms with Crippen molar-refractivity contribution in [2.45, 2.75) is 13.0 Å². The molecule has 0 aliphatic carbocycles. The fourth-order valence-corrected chi connectivity index (χ4v) is 2.41. The van der Waals surface area contributed by atoms with Crippen LogP contribution in [0.5, 0.6) is 0 Å². The molecule has 2 rings (SSSR count). The molecule has 1 heterocycles. The first kappa shape index (κ1) is 17.2. The van der Waals surface area contributed by atoms with E-state index in [1.54, 1.807) is 11.0 Å². The first-order valence-corrected chi connectivity index (χ1v) is 7.63. The summed E-state index contributed by atoms with van der Waals surface area (Å²) in [5.41, 5.74) is 2.19. The summed E-state index contributed by atoms with van der Waals surface area (Å²) in [5.74, 6) is 0.298. The highest BCUT2D eigenvalue weighted by molar-refractivity contribution is 6.29. The van der Waals surface area contributed by atoms with Crippen LogP contribution >= 0.6 is 11.6 Å². The van der Waals surface area contributed by atoms with E-state index in [-0.39, 0.29) is 17.6 Å². The molecule has 0 radical (unpaired) electrons. The number of aromatic nitrogens is 1. The summed E-state index contributed by atoms with van der Waals surface area (Å²) >= 11 is 5.95. The van der Waals surface area contributed by atoms with Crippen LogP contribution in [0.2, 0.25) is 5.15 Å². The molecule has 1 aromatic heterocycles. The standard InChI is InChI=1S/C17H20ClN3O2/c1-11-6-4-5-7-13(11)14(22)10-19-17(23)12-8-15(18)20-16(9-12)21(2)3/h4-9,14,22H,10H2,1-3H3,(H,19,23). The minimum atomic E-state index is -0.759. The monoisotopic (exact) mass is 333 g/mol. The van der Waals surface area contributed by atoms with Gasteiger partial charge < -0.3 is 15.3 Å². The van der Waals surface area contributed by atoms with Crippen molar-refractivity contribution in [1.29, 1.82) is 0 Å². The second kappa shape index (κ2) is 7.44. The van der Waals surface area contributed by atoms with E-state index in [1.807, 2.05) is 45.3 Å². The average Bonchev–Trinajstić information content (AvgIpc) is 2.52. The Balaban J connectivity index is 2.07. The Bertz CT molecular complexity index is 704. The molecule has 0 aliphatic rings. The lowest BCUT2D eigenvalue weighted by Crippen LogP contribution is -2.29. The van der Waals surface area contributed by atoms with E-state index in [9.17, 15) is 9.90 Å². The molecule has 5 nitrogen and oxygen atoms in total. The van der Waals surface area contributed by atoms with E-state index in [0.717, 1.165) is 11.1 Å². The van der Waals surface area contributed by atoms with E-state index in [4.69, 9.17) is 11.6 Å². The van der Waals surface area contributed by atoms with E-state index in [0.29, 0.717) is 11.4 Å². The molecular weight excluding hydrogens is 314 g/mol. The largest absolute Gasteiger partial charge is 0.387 e. The Labute approximate surface area is 140 Å². The zero-order valence-electron chi connectivity index (χ0n) is 13.4. The molecule has 2 N–H and O–H groups in total. The molecule has 122 valence electrons. The van der Waals surface area contributed by atoms with Gasteiger partial charge in [-0.2, -0.15) is 0 Å². The smallest absolute Gasteiger partial charge is 0.251 e. The molecule has 1 unspecified atom stereocenters. The normalized spacial score (nSPS) is 11.9. The number of carbonyl (C=O) groups excluding carboxylic acids is 1. The van der Waals surface area contributed by atoms with Crippen LogP contribution in [0, 0.1) is 6.92 Å². The lowest BCUT2D eigenvalue weighted by Gasteiger charge is -2.16. The maximum atomic E-state index is 12.3. The Morgan fingerprint density at radius 2 is 2.04 bits per heavy atom. The lowest BCUT2D eigenvalue weighted by atomic mass is 10.0. The molecule has 1 aromatic carbocycles. The van der Waals surface area contributed by atoms with Gasteiger partial charge >= 0.3 is 0 Å². The number of aliphatic hydroxyl groups excluding tert-OH is 1. The predicted molar refractivity (Wildman–Crippen MR) is 92.0 cm³/mol. The van der Waals surface area contributed by atoms with Gasteiger partial charge in [0, 0.05) is 26.2 Å². The zero-order chi connectivity index (χ0) is 17.0. The Kier molecular flexibility index (Phi) is 5.58. The molecule has 2 aromatic rings. The van der Waals surface area contributed by atoms with Gasteiger partial charge in [-0.05, 0) is 30.2 Å². The second-order valence-corrected chi connectivity index (χ2v) is 5.90. The number of aliphatic hydroxyl groups is 1. The summed E-state index contributed by atoms with van der Waals surface area (Å²) in [4.78, 5) is 18.2. The van der Waals surface area contributed by atoms with Gasteiger partial charge in [0.15, 0.2) is 0 Å². The second-order valence-electron chi connectivity index (χ2n) is 5.51. The summed E-state index contributed by atoms with van der Waals surface area (Å²) in [5, 5.41) is 13.2. The van der Waals surface area contributed by atoms with Crippen LogP contribution in [-0.2, 0) is 0 Å². The molecule has 0 aliphatic heterocycles. The first-order chi connectivity index (χ1) is 10.9. The number of nitrogens with one attached hydrogen (secondary N) is 1. The summed E-state index contributed by atoms with van der Waals surface area (Å²) in [7, 11) is 3.64. The van der Waals surface area contributed by atoms with Crippen LogP contribution < -0.4 is 10.2 Å². The molecule has 1 atom stereocenters. The van der Waals surface area contributed by atoms with E-state index >= 15 is 0 Å². The fraction of sp³-hybridized carbons (Fsp3) is 0.294. The van der Waals surface area contributed by atoms with Gasteiger partial charge in [0.2, 0.25) is 0 Å². The molecule has 0 saturated heterocycles. The highest BCUT2D eigenvalue weighted by Gasteiger charge is 2.14. The number of aryl methyl sites for hydroxylation is 1. The molecule has 1 amide bonds. The van der Waals surface area contributed by atoms with Crippen LogP contribution in [0.4, 0.5) is 5.82 Å². The topological polar surface area (TPSA) is 65.5 Å². The quantitative estimate of drug-likeness (QED) is 0.825. The summed E-state index contributed by atoms with van der Waals surface area (Å²) in [6.07, 6.45) is -0.759. The number of anilines is 1. The number of hydrogen-bond acceptors (Lipinski definition) is 4. The van der Waals surface area contributed by atoms with Gasteiger partial charge in [-0.25, -0.2) is 4.98 Å². The van der Waals surface area contributed by atoms with Crippen LogP contribution in [-0.4, -0.2) is 36.6 Å². The Morgan fingerprint density at radius 1 is 1.35 bits per heavy atom. The van der Waals surface area contributed by atoms with Crippen molar-refractivity contribution in [3.63, 3.8) is 0 Å². The van der Waals surface area contributed by atoms with Crippen molar-refractivity contribution >= 4 is 23.3 Å².